The minimum Gasteiger partial charge on any atom is -0.293 e. The van der Waals surface area contributed by atoms with Crippen molar-refractivity contribution in [2.45, 2.75) is 38.0 Å². The number of aromatic nitrogens is 3. The third-order valence-corrected chi connectivity index (χ3v) is 5.40. The fraction of sp³-hybridized carbons (Fsp3) is 0.769. The Balaban J connectivity index is 1.71. The van der Waals surface area contributed by atoms with Crippen LogP contribution in [0.3, 0.4) is 0 Å². The summed E-state index contributed by atoms with van der Waals surface area (Å²) in [6, 6.07) is 0. The van der Waals surface area contributed by atoms with Crippen molar-refractivity contribution in [1.29, 1.82) is 0 Å². The number of nitrogen functional groups attached to an aromatic ring is 1. The number of nitrogens with one attached hydrogen (secondary N) is 2. The number of hydrogen-bond acceptors (Lipinski definition) is 5. The van der Waals surface area contributed by atoms with Crippen LogP contribution in [0.5, 0.6) is 0 Å². The Morgan fingerprint density at radius 3 is 2.21 bits per heavy atom. The molecule has 0 spiro atoms. The van der Waals surface area contributed by atoms with Gasteiger partial charge >= 0.3 is 0 Å². The number of nitrogens with zero attached hydrogens (tertiary/aromatic N) is 2. The van der Waals surface area contributed by atoms with Crippen molar-refractivity contribution in [2.24, 2.45) is 29.5 Å². The summed E-state index contributed by atoms with van der Waals surface area (Å²) in [4.78, 5) is 14.8. The standard InChI is InChI=1S/C13H19N5O/c14-16-13-15-12(19)11(17-18-13)10-8-2-6-1-7(4-8)5-9(10)3-6/h6-10H,1-5,14H2,(H2,15,16,18,19). The van der Waals surface area contributed by atoms with Crippen molar-refractivity contribution in [2.75, 3.05) is 5.43 Å². The minimum absolute atomic E-state index is 0.125. The lowest BCUT2D eigenvalue weighted by Crippen LogP contribution is -2.45. The Bertz CT molecular complexity index is 526. The van der Waals surface area contributed by atoms with Gasteiger partial charge in [0.05, 0.1) is 0 Å². The van der Waals surface area contributed by atoms with Crippen molar-refractivity contribution < 1.29 is 0 Å². The van der Waals surface area contributed by atoms with Crippen LogP contribution in [0.4, 0.5) is 5.95 Å². The van der Waals surface area contributed by atoms with Gasteiger partial charge in [-0.05, 0) is 55.8 Å². The average Bonchev–Trinajstić information content (AvgIpc) is 2.39. The highest BCUT2D eigenvalue weighted by atomic mass is 16.1. The molecular weight excluding hydrogens is 242 g/mol. The number of anilines is 1. The van der Waals surface area contributed by atoms with Crippen molar-refractivity contribution in [3.63, 3.8) is 0 Å². The quantitative estimate of drug-likeness (QED) is 0.545. The fourth-order valence-corrected chi connectivity index (χ4v) is 5.00. The molecular formula is C13H19N5O. The minimum atomic E-state index is -0.125. The number of hydrazine groups is 1. The van der Waals surface area contributed by atoms with E-state index in [1.807, 2.05) is 0 Å². The Kier molecular flexibility index (Phi) is 2.42. The van der Waals surface area contributed by atoms with E-state index >= 15 is 0 Å². The molecule has 0 amide bonds. The number of hydrogen-bond donors (Lipinski definition) is 3. The van der Waals surface area contributed by atoms with E-state index < -0.39 is 0 Å². The van der Waals surface area contributed by atoms with Crippen LogP contribution in [0.1, 0.15) is 43.7 Å². The van der Waals surface area contributed by atoms with Gasteiger partial charge in [0.15, 0.2) is 0 Å². The van der Waals surface area contributed by atoms with Gasteiger partial charge in [-0.15, -0.1) is 10.2 Å². The molecule has 0 aliphatic heterocycles. The van der Waals surface area contributed by atoms with Crippen LogP contribution in [-0.4, -0.2) is 15.2 Å². The van der Waals surface area contributed by atoms with E-state index in [0.717, 1.165) is 11.8 Å². The summed E-state index contributed by atoms with van der Waals surface area (Å²) in [6.07, 6.45) is 6.51. The third-order valence-electron chi connectivity index (χ3n) is 5.40. The van der Waals surface area contributed by atoms with Gasteiger partial charge in [-0.3, -0.25) is 15.2 Å². The van der Waals surface area contributed by atoms with E-state index in [4.69, 9.17) is 5.84 Å². The molecule has 1 aromatic rings. The van der Waals surface area contributed by atoms with Gasteiger partial charge in [0.2, 0.25) is 5.95 Å². The molecule has 1 heterocycles. The summed E-state index contributed by atoms with van der Waals surface area (Å²) in [5.74, 6) is 8.87. The van der Waals surface area contributed by atoms with E-state index in [1.165, 1.54) is 32.1 Å². The van der Waals surface area contributed by atoms with Gasteiger partial charge in [0, 0.05) is 5.92 Å². The normalized spacial score (nSPS) is 39.5. The van der Waals surface area contributed by atoms with Crippen LogP contribution in [0.25, 0.3) is 0 Å². The summed E-state index contributed by atoms with van der Waals surface area (Å²) in [7, 11) is 0. The Morgan fingerprint density at radius 1 is 1.05 bits per heavy atom. The first-order valence-electron chi connectivity index (χ1n) is 7.18. The fourth-order valence-electron chi connectivity index (χ4n) is 5.00. The molecule has 0 radical (unpaired) electrons. The van der Waals surface area contributed by atoms with Crippen LogP contribution in [-0.2, 0) is 0 Å². The molecule has 4 N–H and O–H groups in total. The Labute approximate surface area is 111 Å². The molecule has 4 aliphatic carbocycles. The first kappa shape index (κ1) is 11.4. The lowest BCUT2D eigenvalue weighted by Gasteiger charge is -2.53. The summed E-state index contributed by atoms with van der Waals surface area (Å²) in [5.41, 5.74) is 2.84. The number of rotatable bonds is 2. The number of H-pyrrole nitrogens is 1. The van der Waals surface area contributed by atoms with Crippen molar-refractivity contribution in [3.05, 3.63) is 16.0 Å². The van der Waals surface area contributed by atoms with Crippen molar-refractivity contribution >= 4 is 5.95 Å². The maximum Gasteiger partial charge on any atom is 0.274 e. The molecule has 4 bridgehead atoms. The highest BCUT2D eigenvalue weighted by Gasteiger charge is 2.49. The number of nitrogens with two attached hydrogens (primary N) is 1. The predicted molar refractivity (Wildman–Crippen MR) is 70.2 cm³/mol. The van der Waals surface area contributed by atoms with Crippen LogP contribution in [0, 0.1) is 23.7 Å². The molecule has 4 saturated carbocycles. The van der Waals surface area contributed by atoms with Crippen LogP contribution >= 0.6 is 0 Å². The van der Waals surface area contributed by atoms with Gasteiger partial charge in [0.25, 0.3) is 5.56 Å². The maximum atomic E-state index is 12.2. The molecule has 6 nitrogen and oxygen atoms in total. The summed E-state index contributed by atoms with van der Waals surface area (Å²) in [6.45, 7) is 0. The average molecular weight is 261 g/mol. The molecule has 6 heteroatoms. The molecule has 1 aromatic heterocycles. The Morgan fingerprint density at radius 2 is 1.68 bits per heavy atom. The van der Waals surface area contributed by atoms with Gasteiger partial charge < -0.3 is 0 Å². The van der Waals surface area contributed by atoms with Gasteiger partial charge in [0.1, 0.15) is 5.69 Å². The highest BCUT2D eigenvalue weighted by molar-refractivity contribution is 5.21. The molecule has 0 atom stereocenters. The zero-order valence-electron chi connectivity index (χ0n) is 10.8. The SMILES string of the molecule is NNc1nnc(C2C3CC4CC(C3)CC2C4)c(=O)[nH]1. The van der Waals surface area contributed by atoms with Crippen molar-refractivity contribution in [1.82, 2.24) is 15.2 Å². The smallest absolute Gasteiger partial charge is 0.274 e. The van der Waals surface area contributed by atoms with Crippen LogP contribution < -0.4 is 16.8 Å². The van der Waals surface area contributed by atoms with Crippen molar-refractivity contribution in [3.8, 4) is 0 Å². The molecule has 5 rings (SSSR count). The first-order valence-corrected chi connectivity index (χ1v) is 7.18. The monoisotopic (exact) mass is 261 g/mol. The molecule has 4 fully saturated rings. The molecule has 19 heavy (non-hydrogen) atoms. The maximum absolute atomic E-state index is 12.2. The van der Waals surface area contributed by atoms with E-state index in [0.29, 0.717) is 23.4 Å². The largest absolute Gasteiger partial charge is 0.293 e. The molecule has 0 unspecified atom stereocenters. The first-order chi connectivity index (χ1) is 9.24. The highest BCUT2D eigenvalue weighted by Crippen LogP contribution is 2.58. The molecule has 102 valence electrons. The summed E-state index contributed by atoms with van der Waals surface area (Å²) in [5, 5.41) is 8.11. The second-order valence-electron chi connectivity index (χ2n) is 6.49. The van der Waals surface area contributed by atoms with Gasteiger partial charge in [-0.1, -0.05) is 0 Å². The Hall–Kier alpha value is -1.43. The zero-order valence-corrected chi connectivity index (χ0v) is 10.8. The predicted octanol–water partition coefficient (Wildman–Crippen LogP) is 0.990. The summed E-state index contributed by atoms with van der Waals surface area (Å²) < 4.78 is 0. The van der Waals surface area contributed by atoms with E-state index in [1.54, 1.807) is 0 Å². The van der Waals surface area contributed by atoms with E-state index in [-0.39, 0.29) is 11.5 Å². The van der Waals surface area contributed by atoms with Gasteiger partial charge in [-0.2, -0.15) is 0 Å². The summed E-state index contributed by atoms with van der Waals surface area (Å²) >= 11 is 0. The van der Waals surface area contributed by atoms with E-state index in [9.17, 15) is 4.79 Å². The second kappa shape index (κ2) is 4.03. The van der Waals surface area contributed by atoms with E-state index in [2.05, 4.69) is 20.6 Å². The second-order valence-corrected chi connectivity index (χ2v) is 6.49. The molecule has 0 saturated heterocycles. The van der Waals surface area contributed by atoms with Crippen LogP contribution in [0.2, 0.25) is 0 Å². The van der Waals surface area contributed by atoms with Gasteiger partial charge in [-0.25, -0.2) is 5.84 Å². The lowest BCUT2D eigenvalue weighted by atomic mass is 9.51. The zero-order chi connectivity index (χ0) is 13.0. The van der Waals surface area contributed by atoms with Crippen LogP contribution in [0.15, 0.2) is 4.79 Å². The lowest BCUT2D eigenvalue weighted by molar-refractivity contribution is -0.00494. The third kappa shape index (κ3) is 1.69. The topological polar surface area (TPSA) is 96.7 Å². The number of aromatic amines is 1. The molecule has 4 aliphatic rings. The molecule has 0 aromatic carbocycles.